The van der Waals surface area contributed by atoms with E-state index < -0.39 is 0 Å². The Morgan fingerprint density at radius 3 is 2.64 bits per heavy atom. The van der Waals surface area contributed by atoms with Crippen molar-refractivity contribution < 1.29 is 0 Å². The van der Waals surface area contributed by atoms with Crippen molar-refractivity contribution in [1.82, 2.24) is 4.98 Å². The van der Waals surface area contributed by atoms with Crippen molar-refractivity contribution in [3.05, 3.63) is 41.4 Å². The van der Waals surface area contributed by atoms with Gasteiger partial charge in [-0.05, 0) is 29.1 Å². The lowest BCUT2D eigenvalue weighted by Crippen LogP contribution is -1.72. The second kappa shape index (κ2) is 2.84. The van der Waals surface area contributed by atoms with E-state index in [0.29, 0.717) is 0 Å². The Bertz CT molecular complexity index is 313. The molecule has 0 spiro atoms. The van der Waals surface area contributed by atoms with Gasteiger partial charge in [-0.15, -0.1) is 11.3 Å². The predicted octanol–water partition coefficient (Wildman–Crippen LogP) is 2.61. The van der Waals surface area contributed by atoms with Crippen molar-refractivity contribution in [3.8, 4) is 11.1 Å². The highest BCUT2D eigenvalue weighted by molar-refractivity contribution is 7.07. The molecule has 0 saturated heterocycles. The normalized spacial score (nSPS) is 9.82. The van der Waals surface area contributed by atoms with Gasteiger partial charge in [0.25, 0.3) is 0 Å². The summed E-state index contributed by atoms with van der Waals surface area (Å²) in [6.45, 7) is 0. The lowest BCUT2D eigenvalue weighted by atomic mass is 10.1. The number of thiophene rings is 1. The first-order valence-corrected chi connectivity index (χ1v) is 4.20. The Labute approximate surface area is 69.3 Å². The maximum Gasteiger partial charge on any atom is 0.0527 e. The molecule has 1 radical (unpaired) electrons. The third-order valence-electron chi connectivity index (χ3n) is 1.46. The second-order valence-corrected chi connectivity index (χ2v) is 2.88. The van der Waals surface area contributed by atoms with Gasteiger partial charge in [-0.2, -0.15) is 0 Å². The molecular formula is C9H6NS. The van der Waals surface area contributed by atoms with E-state index in [0.717, 1.165) is 5.56 Å². The molecule has 2 aromatic heterocycles. The van der Waals surface area contributed by atoms with Gasteiger partial charge in [0.1, 0.15) is 0 Å². The monoisotopic (exact) mass is 160 g/mol. The smallest absolute Gasteiger partial charge is 0.0527 e. The van der Waals surface area contributed by atoms with Crippen LogP contribution in [0.3, 0.4) is 0 Å². The molecule has 0 aliphatic heterocycles. The number of pyridine rings is 1. The first-order valence-electron chi connectivity index (χ1n) is 3.32. The van der Waals surface area contributed by atoms with E-state index in [4.69, 9.17) is 0 Å². The number of nitrogens with zero attached hydrogens (tertiary/aromatic N) is 1. The van der Waals surface area contributed by atoms with E-state index in [1.165, 1.54) is 5.56 Å². The molecule has 1 nitrogen and oxygen atoms in total. The number of hydrogen-bond acceptors (Lipinski definition) is 2. The maximum absolute atomic E-state index is 3.94. The molecule has 0 amide bonds. The minimum Gasteiger partial charge on any atom is -0.265 e. The highest BCUT2D eigenvalue weighted by Gasteiger charge is 1.94. The minimum atomic E-state index is 1.15. The van der Waals surface area contributed by atoms with Crippen LogP contribution in [0.15, 0.2) is 36.0 Å². The van der Waals surface area contributed by atoms with Crippen LogP contribution < -0.4 is 0 Å². The Morgan fingerprint density at radius 1 is 1.18 bits per heavy atom. The van der Waals surface area contributed by atoms with Gasteiger partial charge in [-0.3, -0.25) is 4.98 Å². The SMILES string of the molecule is [c]1sccc1-c1ccncc1. The molecule has 0 aromatic carbocycles. The van der Waals surface area contributed by atoms with E-state index in [1.54, 1.807) is 23.7 Å². The molecule has 0 bridgehead atoms. The van der Waals surface area contributed by atoms with Gasteiger partial charge in [0.15, 0.2) is 0 Å². The van der Waals surface area contributed by atoms with E-state index in [9.17, 15) is 0 Å². The fourth-order valence-corrected chi connectivity index (χ4v) is 1.51. The van der Waals surface area contributed by atoms with E-state index in [-0.39, 0.29) is 0 Å². The minimum absolute atomic E-state index is 1.15. The molecule has 0 atom stereocenters. The van der Waals surface area contributed by atoms with E-state index in [2.05, 4.69) is 16.4 Å². The summed E-state index contributed by atoms with van der Waals surface area (Å²) < 4.78 is 0. The van der Waals surface area contributed by atoms with E-state index >= 15 is 0 Å². The quantitative estimate of drug-likeness (QED) is 0.625. The summed E-state index contributed by atoms with van der Waals surface area (Å²) in [6, 6.07) is 6.02. The maximum atomic E-state index is 3.94. The van der Waals surface area contributed by atoms with Crippen LogP contribution in [-0.4, -0.2) is 4.98 Å². The van der Waals surface area contributed by atoms with Crippen molar-refractivity contribution in [1.29, 1.82) is 0 Å². The van der Waals surface area contributed by atoms with Crippen LogP contribution in [0.1, 0.15) is 0 Å². The van der Waals surface area contributed by atoms with Crippen LogP contribution in [0.2, 0.25) is 0 Å². The molecule has 53 valence electrons. The molecule has 0 saturated carbocycles. The molecule has 0 aliphatic carbocycles. The second-order valence-electron chi connectivity index (χ2n) is 2.17. The summed E-state index contributed by atoms with van der Waals surface area (Å²) in [4.78, 5) is 3.94. The van der Waals surface area contributed by atoms with Gasteiger partial charge in [-0.1, -0.05) is 0 Å². The molecule has 0 unspecified atom stereocenters. The molecule has 0 aliphatic rings. The topological polar surface area (TPSA) is 12.9 Å². The van der Waals surface area contributed by atoms with Crippen molar-refractivity contribution in [2.75, 3.05) is 0 Å². The zero-order chi connectivity index (χ0) is 7.52. The van der Waals surface area contributed by atoms with Gasteiger partial charge in [0.05, 0.1) is 5.38 Å². The zero-order valence-corrected chi connectivity index (χ0v) is 6.64. The lowest BCUT2D eigenvalue weighted by molar-refractivity contribution is 1.33. The molecule has 2 heteroatoms. The summed E-state index contributed by atoms with van der Waals surface area (Å²) in [5.74, 6) is 0. The van der Waals surface area contributed by atoms with Crippen LogP contribution in [-0.2, 0) is 0 Å². The average Bonchev–Trinajstić information content (AvgIpc) is 2.58. The highest BCUT2D eigenvalue weighted by Crippen LogP contribution is 2.19. The van der Waals surface area contributed by atoms with Crippen molar-refractivity contribution in [2.45, 2.75) is 0 Å². The van der Waals surface area contributed by atoms with Crippen LogP contribution in [0.25, 0.3) is 11.1 Å². The largest absolute Gasteiger partial charge is 0.265 e. The van der Waals surface area contributed by atoms with E-state index in [1.807, 2.05) is 17.5 Å². The van der Waals surface area contributed by atoms with Gasteiger partial charge in [0, 0.05) is 18.0 Å². The van der Waals surface area contributed by atoms with Crippen molar-refractivity contribution >= 4 is 11.3 Å². The third kappa shape index (κ3) is 1.30. The van der Waals surface area contributed by atoms with Crippen molar-refractivity contribution in [2.24, 2.45) is 0 Å². The number of hydrogen-bond donors (Lipinski definition) is 0. The zero-order valence-electron chi connectivity index (χ0n) is 5.82. The molecule has 0 N–H and O–H groups in total. The number of rotatable bonds is 1. The van der Waals surface area contributed by atoms with Gasteiger partial charge in [-0.25, -0.2) is 0 Å². The van der Waals surface area contributed by atoms with Crippen LogP contribution >= 0.6 is 11.3 Å². The molecule has 2 rings (SSSR count). The standard InChI is InChI=1S/C9H6NS/c1-4-10-5-2-8(1)9-3-6-11-7-9/h1-6H. The van der Waals surface area contributed by atoms with Crippen molar-refractivity contribution in [3.63, 3.8) is 0 Å². The first-order chi connectivity index (χ1) is 5.47. The summed E-state index contributed by atoms with van der Waals surface area (Å²) >= 11 is 1.59. The average molecular weight is 160 g/mol. The number of aromatic nitrogens is 1. The molecule has 11 heavy (non-hydrogen) atoms. The van der Waals surface area contributed by atoms with Gasteiger partial charge in [0.2, 0.25) is 0 Å². The van der Waals surface area contributed by atoms with Gasteiger partial charge >= 0.3 is 0 Å². The van der Waals surface area contributed by atoms with Crippen LogP contribution in [0, 0.1) is 5.38 Å². The first kappa shape index (κ1) is 6.55. The summed E-state index contributed by atoms with van der Waals surface area (Å²) in [6.07, 6.45) is 3.58. The molecular weight excluding hydrogens is 154 g/mol. The molecule has 0 fully saturated rings. The summed E-state index contributed by atoms with van der Waals surface area (Å²) in [5.41, 5.74) is 2.33. The summed E-state index contributed by atoms with van der Waals surface area (Å²) in [7, 11) is 0. The molecule has 2 aromatic rings. The van der Waals surface area contributed by atoms with Crippen LogP contribution in [0.4, 0.5) is 0 Å². The molecule has 2 heterocycles. The Morgan fingerprint density at radius 2 is 2.00 bits per heavy atom. The van der Waals surface area contributed by atoms with Crippen LogP contribution in [0.5, 0.6) is 0 Å². The Balaban J connectivity index is 2.46. The van der Waals surface area contributed by atoms with Gasteiger partial charge < -0.3 is 0 Å². The highest BCUT2D eigenvalue weighted by atomic mass is 32.1. The predicted molar refractivity (Wildman–Crippen MR) is 46.4 cm³/mol. The summed E-state index contributed by atoms with van der Waals surface area (Å²) in [5, 5.41) is 5.19. The Kier molecular flexibility index (Phi) is 1.69. The lowest BCUT2D eigenvalue weighted by Gasteiger charge is -1.92. The Hall–Kier alpha value is -1.15. The fraction of sp³-hybridized carbons (Fsp3) is 0. The third-order valence-corrected chi connectivity index (χ3v) is 2.07. The fourth-order valence-electron chi connectivity index (χ4n) is 0.920.